The van der Waals surface area contributed by atoms with Crippen molar-refractivity contribution in [1.29, 1.82) is 0 Å². The first-order chi connectivity index (χ1) is 6.23. The molecule has 0 aromatic carbocycles. The number of aliphatic hydroxyl groups is 1. The van der Waals surface area contributed by atoms with Crippen molar-refractivity contribution in [3.05, 3.63) is 0 Å². The third-order valence-corrected chi connectivity index (χ3v) is 2.07. The first-order valence-electron chi connectivity index (χ1n) is 3.97. The topological polar surface area (TPSA) is 58.6 Å². The first-order valence-corrected chi connectivity index (χ1v) is 3.97. The third kappa shape index (κ3) is 2.36. The molecule has 0 saturated carbocycles. The van der Waals surface area contributed by atoms with Crippen molar-refractivity contribution in [3.63, 3.8) is 0 Å². The van der Waals surface area contributed by atoms with Crippen LogP contribution in [-0.4, -0.2) is 36.1 Å². The van der Waals surface area contributed by atoms with Crippen LogP contribution >= 0.6 is 0 Å². The Bertz CT molecular complexity index is 235. The third-order valence-electron chi connectivity index (χ3n) is 2.07. The molecule has 7 heteroatoms. The number of rotatable bonds is 2. The quantitative estimate of drug-likeness (QED) is 0.501. The molecular formula is C7H10F3NO3. The summed E-state index contributed by atoms with van der Waals surface area (Å²) in [5.74, 6) is -4.92. The average molecular weight is 213 g/mol. The maximum absolute atomic E-state index is 11.8. The summed E-state index contributed by atoms with van der Waals surface area (Å²) in [6.07, 6.45) is -5.07. The molecule has 1 fully saturated rings. The Morgan fingerprint density at radius 1 is 1.50 bits per heavy atom. The maximum atomic E-state index is 11.8. The molecule has 2 N–H and O–H groups in total. The number of hydrogen-bond acceptors (Lipinski definition) is 4. The largest absolute Gasteiger partial charge is 0.491 e. The first kappa shape index (κ1) is 11.3. The fourth-order valence-corrected chi connectivity index (χ4v) is 0.996. The van der Waals surface area contributed by atoms with Gasteiger partial charge in [0.15, 0.2) is 0 Å². The van der Waals surface area contributed by atoms with Gasteiger partial charge >= 0.3 is 12.1 Å². The van der Waals surface area contributed by atoms with E-state index in [1.165, 1.54) is 0 Å². The molecule has 0 amide bonds. The molecule has 14 heavy (non-hydrogen) atoms. The molecule has 1 rings (SSSR count). The second-order valence-electron chi connectivity index (χ2n) is 3.30. The van der Waals surface area contributed by atoms with Crippen LogP contribution in [0.4, 0.5) is 13.2 Å². The van der Waals surface area contributed by atoms with E-state index in [9.17, 15) is 23.1 Å². The van der Waals surface area contributed by atoms with Gasteiger partial charge in [-0.1, -0.05) is 0 Å². The van der Waals surface area contributed by atoms with Crippen LogP contribution in [0.15, 0.2) is 0 Å². The molecule has 1 aliphatic heterocycles. The summed E-state index contributed by atoms with van der Waals surface area (Å²) in [5.41, 5.74) is 0. The van der Waals surface area contributed by atoms with Gasteiger partial charge in [-0.05, 0) is 0 Å². The van der Waals surface area contributed by atoms with Gasteiger partial charge in [0.05, 0.1) is 0 Å². The molecule has 1 heterocycles. The highest BCUT2D eigenvalue weighted by Crippen LogP contribution is 2.26. The zero-order valence-electron chi connectivity index (χ0n) is 7.39. The van der Waals surface area contributed by atoms with Crippen LogP contribution in [0.2, 0.25) is 0 Å². The van der Waals surface area contributed by atoms with Gasteiger partial charge in [-0.2, -0.15) is 13.2 Å². The van der Waals surface area contributed by atoms with E-state index in [1.54, 1.807) is 0 Å². The van der Waals surface area contributed by atoms with Gasteiger partial charge in [0.1, 0.15) is 0 Å². The Labute approximate surface area is 78.0 Å². The fraction of sp³-hybridized carbons (Fsp3) is 0.857. The Morgan fingerprint density at radius 2 is 2.00 bits per heavy atom. The Kier molecular flexibility index (Phi) is 2.73. The molecule has 0 spiro atoms. The number of halogens is 3. The number of alkyl halides is 3. The minimum absolute atomic E-state index is 0.331. The zero-order valence-corrected chi connectivity index (χ0v) is 7.39. The molecule has 0 unspecified atom stereocenters. The van der Waals surface area contributed by atoms with E-state index in [1.807, 2.05) is 0 Å². The number of nitrogens with one attached hydrogen (secondary N) is 1. The Balaban J connectivity index is 2.54. The van der Waals surface area contributed by atoms with Crippen LogP contribution in [0.5, 0.6) is 0 Å². The molecule has 82 valence electrons. The number of esters is 1. The second kappa shape index (κ2) is 3.39. The van der Waals surface area contributed by atoms with Crippen LogP contribution in [-0.2, 0) is 9.53 Å². The lowest BCUT2D eigenvalue weighted by Gasteiger charge is -2.38. The summed E-state index contributed by atoms with van der Waals surface area (Å²) in [4.78, 5) is 10.4. The molecule has 0 bridgehead atoms. The molecule has 4 nitrogen and oxygen atoms in total. The zero-order chi connectivity index (χ0) is 11.0. The van der Waals surface area contributed by atoms with Crippen LogP contribution in [0.3, 0.4) is 0 Å². The standard InChI is InChI=1S/C7H10F3NO3/c1-6(13,4-2-11-3-4)14-5(12)7(8,9)10/h4,11,13H,2-3H2,1H3/t6-/m0/s1. The van der Waals surface area contributed by atoms with Crippen molar-refractivity contribution in [3.8, 4) is 0 Å². The van der Waals surface area contributed by atoms with Crippen molar-refractivity contribution < 1.29 is 27.8 Å². The summed E-state index contributed by atoms with van der Waals surface area (Å²) < 4.78 is 39.2. The maximum Gasteiger partial charge on any atom is 0.491 e. The number of carbonyl (C=O) groups excluding carboxylic acids is 1. The van der Waals surface area contributed by atoms with Gasteiger partial charge in [0.25, 0.3) is 0 Å². The van der Waals surface area contributed by atoms with Gasteiger partial charge in [-0.15, -0.1) is 0 Å². The second-order valence-corrected chi connectivity index (χ2v) is 3.30. The molecular weight excluding hydrogens is 203 g/mol. The lowest BCUT2D eigenvalue weighted by molar-refractivity contribution is -0.260. The smallest absolute Gasteiger partial charge is 0.427 e. The molecule has 0 radical (unpaired) electrons. The van der Waals surface area contributed by atoms with Crippen LogP contribution in [0.1, 0.15) is 6.92 Å². The van der Waals surface area contributed by atoms with Crippen molar-refractivity contribution in [2.45, 2.75) is 18.9 Å². The molecule has 1 saturated heterocycles. The Hall–Kier alpha value is -0.820. The van der Waals surface area contributed by atoms with Gasteiger partial charge in [-0.25, -0.2) is 4.79 Å². The molecule has 0 aliphatic carbocycles. The fourth-order valence-electron chi connectivity index (χ4n) is 0.996. The van der Waals surface area contributed by atoms with Crippen molar-refractivity contribution in [2.24, 2.45) is 5.92 Å². The number of hydrogen-bond donors (Lipinski definition) is 2. The van der Waals surface area contributed by atoms with Gasteiger partial charge in [0, 0.05) is 25.9 Å². The van der Waals surface area contributed by atoms with Crippen molar-refractivity contribution in [2.75, 3.05) is 13.1 Å². The van der Waals surface area contributed by atoms with E-state index in [4.69, 9.17) is 0 Å². The highest BCUT2D eigenvalue weighted by Gasteiger charge is 2.48. The molecule has 1 atom stereocenters. The van der Waals surface area contributed by atoms with E-state index in [0.29, 0.717) is 13.1 Å². The Morgan fingerprint density at radius 3 is 2.29 bits per heavy atom. The van der Waals surface area contributed by atoms with Crippen molar-refractivity contribution in [1.82, 2.24) is 5.32 Å². The van der Waals surface area contributed by atoms with Crippen LogP contribution in [0, 0.1) is 5.92 Å². The summed E-state index contributed by atoms with van der Waals surface area (Å²) in [6.45, 7) is 1.71. The monoisotopic (exact) mass is 213 g/mol. The SMILES string of the molecule is C[C@](O)(OC(=O)C(F)(F)F)C1CNC1. The summed E-state index contributed by atoms with van der Waals surface area (Å²) in [7, 11) is 0. The van der Waals surface area contributed by atoms with Crippen molar-refractivity contribution >= 4 is 5.97 Å². The molecule has 0 aromatic rings. The molecule has 1 aliphatic rings. The summed E-state index contributed by atoms with van der Waals surface area (Å²) in [6, 6.07) is 0. The highest BCUT2D eigenvalue weighted by molar-refractivity contribution is 5.75. The van der Waals surface area contributed by atoms with Gasteiger partial charge in [0.2, 0.25) is 5.79 Å². The van der Waals surface area contributed by atoms with Crippen LogP contribution in [0.25, 0.3) is 0 Å². The van der Waals surface area contributed by atoms with E-state index >= 15 is 0 Å². The predicted molar refractivity (Wildman–Crippen MR) is 39.1 cm³/mol. The van der Waals surface area contributed by atoms with E-state index in [-0.39, 0.29) is 0 Å². The minimum Gasteiger partial charge on any atom is -0.427 e. The number of carbonyl (C=O) groups is 1. The minimum atomic E-state index is -5.07. The lowest BCUT2D eigenvalue weighted by atomic mass is 9.94. The predicted octanol–water partition coefficient (Wildman–Crippen LogP) is 0.0198. The van der Waals surface area contributed by atoms with Gasteiger partial charge < -0.3 is 15.2 Å². The van der Waals surface area contributed by atoms with E-state index < -0.39 is 23.9 Å². The summed E-state index contributed by atoms with van der Waals surface area (Å²) in [5, 5.41) is 12.1. The van der Waals surface area contributed by atoms with E-state index in [2.05, 4.69) is 10.1 Å². The van der Waals surface area contributed by atoms with Crippen LogP contribution < -0.4 is 5.32 Å². The highest BCUT2D eigenvalue weighted by atomic mass is 19.4. The average Bonchev–Trinajstić information content (AvgIpc) is 1.76. The normalized spacial score (nSPS) is 22.4. The molecule has 0 aromatic heterocycles. The van der Waals surface area contributed by atoms with Gasteiger partial charge in [-0.3, -0.25) is 0 Å². The summed E-state index contributed by atoms with van der Waals surface area (Å²) >= 11 is 0. The van der Waals surface area contributed by atoms with E-state index in [0.717, 1.165) is 6.92 Å². The number of ether oxygens (including phenoxy) is 1. The lowest BCUT2D eigenvalue weighted by Crippen LogP contribution is -2.57.